The van der Waals surface area contributed by atoms with Gasteiger partial charge in [-0.25, -0.2) is 0 Å². The van der Waals surface area contributed by atoms with E-state index in [4.69, 9.17) is 10.2 Å². The molecule has 0 saturated carbocycles. The molecule has 0 aliphatic rings. The quantitative estimate of drug-likeness (QED) is 0.718. The first kappa shape index (κ1) is 12.1. The Balaban J connectivity index is 2.54. The predicted molar refractivity (Wildman–Crippen MR) is 57.4 cm³/mol. The summed E-state index contributed by atoms with van der Waals surface area (Å²) in [5.74, 6) is -0.385. The zero-order valence-electron chi connectivity index (χ0n) is 7.85. The Morgan fingerprint density at radius 2 is 2.40 bits per heavy atom. The molecule has 6 heteroatoms. The molecule has 5 nitrogen and oxygen atoms in total. The number of aliphatic hydroxyl groups is 2. The Bertz CT molecular complexity index is 346. The highest BCUT2D eigenvalue weighted by molar-refractivity contribution is 9.10. The van der Waals surface area contributed by atoms with Crippen molar-refractivity contribution in [2.75, 3.05) is 13.2 Å². The fraction of sp³-hybridized carbons (Fsp3) is 0.333. The minimum absolute atomic E-state index is 0.00350. The van der Waals surface area contributed by atoms with Gasteiger partial charge in [0.15, 0.2) is 0 Å². The largest absolute Gasteiger partial charge is 0.394 e. The minimum Gasteiger partial charge on any atom is -0.394 e. The third-order valence-corrected chi connectivity index (χ3v) is 2.16. The molecule has 1 aromatic rings. The summed E-state index contributed by atoms with van der Waals surface area (Å²) >= 11 is 3.21. The molecule has 0 bridgehead atoms. The van der Waals surface area contributed by atoms with Crippen LogP contribution in [0, 0.1) is 0 Å². The van der Waals surface area contributed by atoms with E-state index < -0.39 is 6.10 Å². The van der Waals surface area contributed by atoms with Crippen molar-refractivity contribution in [3.8, 4) is 0 Å². The number of hydrogen-bond acceptors (Lipinski definition) is 4. The van der Waals surface area contributed by atoms with Gasteiger partial charge in [-0.15, -0.1) is 0 Å². The lowest BCUT2D eigenvalue weighted by Gasteiger charge is -2.08. The first-order valence-corrected chi connectivity index (χ1v) is 5.11. The molecular formula is C9H11BrN2O3. The lowest BCUT2D eigenvalue weighted by Crippen LogP contribution is -2.34. The van der Waals surface area contributed by atoms with E-state index in [0.29, 0.717) is 0 Å². The van der Waals surface area contributed by atoms with Gasteiger partial charge < -0.3 is 15.5 Å². The van der Waals surface area contributed by atoms with Gasteiger partial charge in [0.25, 0.3) is 5.91 Å². The number of pyridine rings is 1. The van der Waals surface area contributed by atoms with Gasteiger partial charge in [-0.3, -0.25) is 9.78 Å². The molecule has 1 rings (SSSR count). The third kappa shape index (κ3) is 3.94. The average Bonchev–Trinajstić information content (AvgIpc) is 2.25. The molecule has 0 aliphatic heterocycles. The summed E-state index contributed by atoms with van der Waals surface area (Å²) in [5.41, 5.74) is 0.259. The van der Waals surface area contributed by atoms with Gasteiger partial charge in [-0.2, -0.15) is 0 Å². The molecule has 0 fully saturated rings. The summed E-state index contributed by atoms with van der Waals surface area (Å²) < 4.78 is 0.755. The number of aliphatic hydroxyl groups excluding tert-OH is 2. The van der Waals surface area contributed by atoms with Crippen LogP contribution in [0.4, 0.5) is 0 Å². The van der Waals surface area contributed by atoms with E-state index in [2.05, 4.69) is 26.2 Å². The summed E-state index contributed by atoms with van der Waals surface area (Å²) in [6.45, 7) is -0.379. The van der Waals surface area contributed by atoms with Crippen LogP contribution in [0.1, 0.15) is 10.5 Å². The van der Waals surface area contributed by atoms with Gasteiger partial charge >= 0.3 is 0 Å². The van der Waals surface area contributed by atoms with Gasteiger partial charge in [-0.1, -0.05) is 15.9 Å². The van der Waals surface area contributed by atoms with Crippen LogP contribution in [0.15, 0.2) is 22.8 Å². The smallest absolute Gasteiger partial charge is 0.270 e. The Kier molecular flexibility index (Phi) is 4.67. The Hall–Kier alpha value is -0.980. The number of amides is 1. The summed E-state index contributed by atoms with van der Waals surface area (Å²) in [6, 6.07) is 3.28. The molecule has 82 valence electrons. The molecule has 1 amide bonds. The lowest BCUT2D eigenvalue weighted by molar-refractivity contribution is 0.0798. The molecule has 1 heterocycles. The number of hydrogen-bond donors (Lipinski definition) is 3. The van der Waals surface area contributed by atoms with E-state index in [9.17, 15) is 4.79 Å². The topological polar surface area (TPSA) is 82.5 Å². The Morgan fingerprint density at radius 3 is 3.00 bits per heavy atom. The number of aromatic nitrogens is 1. The maximum Gasteiger partial charge on any atom is 0.270 e. The number of carbonyl (C=O) groups is 1. The first-order chi connectivity index (χ1) is 7.13. The fourth-order valence-corrected chi connectivity index (χ4v) is 1.23. The number of carbonyl (C=O) groups excluding carboxylic acids is 1. The molecule has 1 atom stereocenters. The average molecular weight is 275 g/mol. The second kappa shape index (κ2) is 5.79. The highest BCUT2D eigenvalue weighted by Crippen LogP contribution is 2.08. The molecule has 0 saturated heterocycles. The van der Waals surface area contributed by atoms with Crippen molar-refractivity contribution in [1.82, 2.24) is 10.3 Å². The van der Waals surface area contributed by atoms with E-state index in [0.717, 1.165) is 4.47 Å². The first-order valence-electron chi connectivity index (χ1n) is 4.32. The van der Waals surface area contributed by atoms with E-state index in [-0.39, 0.29) is 24.8 Å². The van der Waals surface area contributed by atoms with Crippen molar-refractivity contribution in [1.29, 1.82) is 0 Å². The van der Waals surface area contributed by atoms with Crippen LogP contribution in [0.5, 0.6) is 0 Å². The molecule has 3 N–H and O–H groups in total. The number of halogens is 1. The van der Waals surface area contributed by atoms with E-state index >= 15 is 0 Å². The monoisotopic (exact) mass is 274 g/mol. The third-order valence-electron chi connectivity index (χ3n) is 1.66. The normalized spacial score (nSPS) is 12.2. The van der Waals surface area contributed by atoms with Crippen LogP contribution < -0.4 is 5.32 Å². The summed E-state index contributed by atoms with van der Waals surface area (Å²) in [5, 5.41) is 20.0. The maximum atomic E-state index is 11.4. The van der Waals surface area contributed by atoms with E-state index in [1.807, 2.05) is 0 Å². The maximum absolute atomic E-state index is 11.4. The van der Waals surface area contributed by atoms with Gasteiger partial charge in [0.05, 0.1) is 12.7 Å². The SMILES string of the molecule is O=C(NCC(O)CO)c1cc(Br)ccn1. The summed E-state index contributed by atoms with van der Waals surface area (Å²) in [4.78, 5) is 15.3. The van der Waals surface area contributed by atoms with Crippen molar-refractivity contribution < 1.29 is 15.0 Å². The number of nitrogens with zero attached hydrogens (tertiary/aromatic N) is 1. The van der Waals surface area contributed by atoms with E-state index in [1.165, 1.54) is 6.20 Å². The van der Waals surface area contributed by atoms with Crippen molar-refractivity contribution >= 4 is 21.8 Å². The van der Waals surface area contributed by atoms with Crippen LogP contribution in [0.2, 0.25) is 0 Å². The highest BCUT2D eigenvalue weighted by atomic mass is 79.9. The molecule has 0 spiro atoms. The van der Waals surface area contributed by atoms with Crippen molar-refractivity contribution in [2.45, 2.75) is 6.10 Å². The van der Waals surface area contributed by atoms with Crippen molar-refractivity contribution in [3.63, 3.8) is 0 Å². The van der Waals surface area contributed by atoms with Crippen LogP contribution >= 0.6 is 15.9 Å². The van der Waals surface area contributed by atoms with Gasteiger partial charge in [0.1, 0.15) is 5.69 Å². The summed E-state index contributed by atoms with van der Waals surface area (Å²) in [6.07, 6.45) is 0.558. The molecule has 15 heavy (non-hydrogen) atoms. The molecule has 0 aliphatic carbocycles. The summed E-state index contributed by atoms with van der Waals surface area (Å²) in [7, 11) is 0. The van der Waals surface area contributed by atoms with Gasteiger partial charge in [0.2, 0.25) is 0 Å². The van der Waals surface area contributed by atoms with Crippen molar-refractivity contribution in [2.24, 2.45) is 0 Å². The number of rotatable bonds is 4. The van der Waals surface area contributed by atoms with Crippen LogP contribution in [0.25, 0.3) is 0 Å². The number of nitrogens with one attached hydrogen (secondary N) is 1. The minimum atomic E-state index is -0.943. The predicted octanol–water partition coefficient (Wildman–Crippen LogP) is -0.0729. The molecule has 1 unspecified atom stereocenters. The zero-order valence-corrected chi connectivity index (χ0v) is 9.44. The lowest BCUT2D eigenvalue weighted by atomic mass is 10.3. The Labute approximate surface area is 95.3 Å². The fourth-order valence-electron chi connectivity index (χ4n) is 0.895. The second-order valence-corrected chi connectivity index (χ2v) is 3.82. The van der Waals surface area contributed by atoms with Crippen LogP contribution in [-0.2, 0) is 0 Å². The van der Waals surface area contributed by atoms with Crippen LogP contribution in [0.3, 0.4) is 0 Å². The van der Waals surface area contributed by atoms with Crippen LogP contribution in [-0.4, -0.2) is 40.4 Å². The molecule has 0 aromatic carbocycles. The zero-order chi connectivity index (χ0) is 11.3. The standard InChI is InChI=1S/C9H11BrN2O3/c10-6-1-2-11-8(3-6)9(15)12-4-7(14)5-13/h1-3,7,13-14H,4-5H2,(H,12,15). The molecule has 1 aromatic heterocycles. The second-order valence-electron chi connectivity index (χ2n) is 2.91. The van der Waals surface area contributed by atoms with Crippen molar-refractivity contribution in [3.05, 3.63) is 28.5 Å². The van der Waals surface area contributed by atoms with Gasteiger partial charge in [0, 0.05) is 17.2 Å². The van der Waals surface area contributed by atoms with Gasteiger partial charge in [-0.05, 0) is 12.1 Å². The Morgan fingerprint density at radius 1 is 1.67 bits per heavy atom. The highest BCUT2D eigenvalue weighted by Gasteiger charge is 2.09. The van der Waals surface area contributed by atoms with E-state index in [1.54, 1.807) is 12.1 Å². The molecular weight excluding hydrogens is 264 g/mol. The molecule has 0 radical (unpaired) electrons.